The largest absolute Gasteiger partial charge is 0.484 e. The molecule has 0 aliphatic carbocycles. The Kier molecular flexibility index (Phi) is 5.60. The van der Waals surface area contributed by atoms with Gasteiger partial charge in [0.1, 0.15) is 5.75 Å². The Balaban J connectivity index is 1.69. The van der Waals surface area contributed by atoms with Crippen molar-refractivity contribution in [3.05, 3.63) is 77.1 Å². The first-order valence-corrected chi connectivity index (χ1v) is 9.00. The van der Waals surface area contributed by atoms with E-state index in [-0.39, 0.29) is 12.5 Å². The van der Waals surface area contributed by atoms with Crippen molar-refractivity contribution >= 4 is 5.91 Å². The Morgan fingerprint density at radius 1 is 1.04 bits per heavy atom. The van der Waals surface area contributed by atoms with E-state index >= 15 is 0 Å². The second kappa shape index (κ2) is 8.08. The van der Waals surface area contributed by atoms with Crippen molar-refractivity contribution < 1.29 is 9.53 Å². The van der Waals surface area contributed by atoms with Gasteiger partial charge in [0.25, 0.3) is 5.91 Å². The van der Waals surface area contributed by atoms with Crippen molar-refractivity contribution in [3.63, 3.8) is 0 Å². The van der Waals surface area contributed by atoms with Crippen molar-refractivity contribution in [1.82, 2.24) is 14.7 Å². The van der Waals surface area contributed by atoms with E-state index in [0.717, 1.165) is 34.0 Å². The number of hydrogen-bond acceptors (Lipinski definition) is 3. The molecule has 0 bridgehead atoms. The van der Waals surface area contributed by atoms with Crippen LogP contribution in [0.25, 0.3) is 5.69 Å². The highest BCUT2D eigenvalue weighted by Crippen LogP contribution is 2.20. The van der Waals surface area contributed by atoms with Crippen LogP contribution in [-0.4, -0.2) is 34.2 Å². The van der Waals surface area contributed by atoms with Gasteiger partial charge < -0.3 is 9.64 Å². The van der Waals surface area contributed by atoms with Gasteiger partial charge in [-0.05, 0) is 44.5 Å². The summed E-state index contributed by atoms with van der Waals surface area (Å²) in [6.45, 7) is 6.50. The zero-order chi connectivity index (χ0) is 19.4. The molecule has 0 saturated heterocycles. The van der Waals surface area contributed by atoms with E-state index in [4.69, 9.17) is 4.74 Å². The summed E-state index contributed by atoms with van der Waals surface area (Å²) in [5.41, 5.74) is 5.06. The molecule has 2 aromatic carbocycles. The van der Waals surface area contributed by atoms with Gasteiger partial charge in [0, 0.05) is 24.8 Å². The minimum absolute atomic E-state index is 0.0201. The van der Waals surface area contributed by atoms with Gasteiger partial charge in [0.05, 0.1) is 11.4 Å². The first-order valence-electron chi connectivity index (χ1n) is 9.00. The van der Waals surface area contributed by atoms with Crippen molar-refractivity contribution in [1.29, 1.82) is 0 Å². The fourth-order valence-electron chi connectivity index (χ4n) is 3.02. The second-order valence-corrected chi connectivity index (χ2v) is 6.70. The molecule has 1 aromatic heterocycles. The van der Waals surface area contributed by atoms with Gasteiger partial charge in [-0.3, -0.25) is 4.79 Å². The van der Waals surface area contributed by atoms with E-state index in [1.54, 1.807) is 11.9 Å². The predicted molar refractivity (Wildman–Crippen MR) is 106 cm³/mol. The normalized spacial score (nSPS) is 10.7. The zero-order valence-corrected chi connectivity index (χ0v) is 16.3. The minimum atomic E-state index is -0.0653. The molecule has 3 aromatic rings. The van der Waals surface area contributed by atoms with Gasteiger partial charge in [0.2, 0.25) is 0 Å². The molecule has 140 valence electrons. The Morgan fingerprint density at radius 2 is 1.70 bits per heavy atom. The third kappa shape index (κ3) is 4.19. The maximum Gasteiger partial charge on any atom is 0.260 e. The van der Waals surface area contributed by atoms with Gasteiger partial charge in [-0.15, -0.1) is 0 Å². The molecule has 0 radical (unpaired) electrons. The molecule has 0 atom stereocenters. The summed E-state index contributed by atoms with van der Waals surface area (Å²) in [5, 5.41) is 4.65. The molecule has 0 spiro atoms. The van der Waals surface area contributed by atoms with Crippen molar-refractivity contribution in [2.75, 3.05) is 13.7 Å². The summed E-state index contributed by atoms with van der Waals surface area (Å²) in [4.78, 5) is 14.2. The topological polar surface area (TPSA) is 47.4 Å². The molecule has 5 heteroatoms. The van der Waals surface area contributed by atoms with Crippen LogP contribution in [0.4, 0.5) is 0 Å². The second-order valence-electron chi connectivity index (χ2n) is 6.70. The molecule has 0 aliphatic heterocycles. The summed E-state index contributed by atoms with van der Waals surface area (Å²) in [7, 11) is 1.79. The number of aromatic nitrogens is 2. The highest BCUT2D eigenvalue weighted by Gasteiger charge is 2.17. The quantitative estimate of drug-likeness (QED) is 0.669. The van der Waals surface area contributed by atoms with Crippen LogP contribution in [0.15, 0.2) is 54.6 Å². The smallest absolute Gasteiger partial charge is 0.260 e. The number of aryl methyl sites for hydroxylation is 2. The maximum atomic E-state index is 12.5. The summed E-state index contributed by atoms with van der Waals surface area (Å²) in [6.07, 6.45) is 0. The lowest BCUT2D eigenvalue weighted by molar-refractivity contribution is -0.132. The number of ether oxygens (including phenoxy) is 1. The van der Waals surface area contributed by atoms with Crippen LogP contribution in [0, 0.1) is 20.8 Å². The standard InChI is InChI=1S/C22H25N3O2/c1-16-10-8-9-13-21(16)27-15-22(26)24(4)14-20-17(2)23-25(18(20)3)19-11-6-5-7-12-19/h5-13H,14-15H2,1-4H3. The SMILES string of the molecule is Cc1ccccc1OCC(=O)N(C)Cc1c(C)nn(-c2ccccc2)c1C. The number of carbonyl (C=O) groups is 1. The average Bonchev–Trinajstić information content (AvgIpc) is 2.96. The molecular formula is C22H25N3O2. The van der Waals surface area contributed by atoms with E-state index in [1.165, 1.54) is 0 Å². The Labute approximate surface area is 160 Å². The third-order valence-electron chi connectivity index (χ3n) is 4.71. The number of para-hydroxylation sites is 2. The van der Waals surface area contributed by atoms with Crippen LogP contribution in [-0.2, 0) is 11.3 Å². The van der Waals surface area contributed by atoms with Gasteiger partial charge in [-0.1, -0.05) is 36.4 Å². The molecule has 0 fully saturated rings. The van der Waals surface area contributed by atoms with Crippen LogP contribution >= 0.6 is 0 Å². The molecule has 5 nitrogen and oxygen atoms in total. The van der Waals surface area contributed by atoms with E-state index in [2.05, 4.69) is 5.10 Å². The molecule has 3 rings (SSSR count). The third-order valence-corrected chi connectivity index (χ3v) is 4.71. The van der Waals surface area contributed by atoms with Gasteiger partial charge >= 0.3 is 0 Å². The van der Waals surface area contributed by atoms with Crippen LogP contribution in [0.1, 0.15) is 22.5 Å². The molecule has 27 heavy (non-hydrogen) atoms. The van der Waals surface area contributed by atoms with Gasteiger partial charge in [-0.2, -0.15) is 5.10 Å². The van der Waals surface area contributed by atoms with Crippen LogP contribution in [0.5, 0.6) is 5.75 Å². The highest BCUT2D eigenvalue weighted by atomic mass is 16.5. The van der Waals surface area contributed by atoms with E-state index in [9.17, 15) is 4.79 Å². The monoisotopic (exact) mass is 363 g/mol. The number of carbonyl (C=O) groups excluding carboxylic acids is 1. The molecule has 1 heterocycles. The number of hydrogen-bond donors (Lipinski definition) is 0. The first kappa shape index (κ1) is 18.7. The Bertz CT molecular complexity index is 932. The summed E-state index contributed by atoms with van der Waals surface area (Å²) in [5.74, 6) is 0.674. The lowest BCUT2D eigenvalue weighted by Crippen LogP contribution is -2.31. The average molecular weight is 363 g/mol. The highest BCUT2D eigenvalue weighted by molar-refractivity contribution is 5.77. The fraction of sp³-hybridized carbons (Fsp3) is 0.273. The number of benzene rings is 2. The van der Waals surface area contributed by atoms with E-state index < -0.39 is 0 Å². The van der Waals surface area contributed by atoms with Crippen LogP contribution in [0.3, 0.4) is 0 Å². The summed E-state index contributed by atoms with van der Waals surface area (Å²) >= 11 is 0. The summed E-state index contributed by atoms with van der Waals surface area (Å²) < 4.78 is 7.60. The fourth-order valence-corrected chi connectivity index (χ4v) is 3.02. The molecule has 0 aliphatic rings. The number of rotatable bonds is 6. The van der Waals surface area contributed by atoms with Crippen molar-refractivity contribution in [2.24, 2.45) is 0 Å². The van der Waals surface area contributed by atoms with E-state index in [0.29, 0.717) is 6.54 Å². The van der Waals surface area contributed by atoms with Crippen LogP contribution in [0.2, 0.25) is 0 Å². The molecular weight excluding hydrogens is 338 g/mol. The lowest BCUT2D eigenvalue weighted by Gasteiger charge is -2.18. The van der Waals surface area contributed by atoms with Crippen LogP contribution < -0.4 is 4.74 Å². The number of likely N-dealkylation sites (N-methyl/N-ethyl adjacent to an activating group) is 1. The molecule has 0 saturated carbocycles. The predicted octanol–water partition coefficient (Wildman–Crippen LogP) is 3.83. The number of nitrogens with zero attached hydrogens (tertiary/aromatic N) is 3. The number of amides is 1. The van der Waals surface area contributed by atoms with Gasteiger partial charge in [-0.25, -0.2) is 4.68 Å². The summed E-state index contributed by atoms with van der Waals surface area (Å²) in [6, 6.07) is 17.7. The van der Waals surface area contributed by atoms with Gasteiger partial charge in [0.15, 0.2) is 6.61 Å². The Morgan fingerprint density at radius 3 is 2.41 bits per heavy atom. The first-order chi connectivity index (χ1) is 13.0. The zero-order valence-electron chi connectivity index (χ0n) is 16.3. The van der Waals surface area contributed by atoms with Crippen molar-refractivity contribution in [3.8, 4) is 11.4 Å². The molecule has 0 N–H and O–H groups in total. The van der Waals surface area contributed by atoms with E-state index in [1.807, 2.05) is 80.1 Å². The lowest BCUT2D eigenvalue weighted by atomic mass is 10.2. The molecule has 1 amide bonds. The molecule has 0 unspecified atom stereocenters. The maximum absolute atomic E-state index is 12.5. The minimum Gasteiger partial charge on any atom is -0.484 e. The Hall–Kier alpha value is -3.08. The van der Waals surface area contributed by atoms with Crippen molar-refractivity contribution in [2.45, 2.75) is 27.3 Å².